The van der Waals surface area contributed by atoms with E-state index in [9.17, 15) is 14.4 Å². The smallest absolute Gasteiger partial charge is 0.303 e. The van der Waals surface area contributed by atoms with E-state index in [1.165, 1.54) is 17.8 Å². The van der Waals surface area contributed by atoms with Crippen molar-refractivity contribution in [3.8, 4) is 0 Å². The van der Waals surface area contributed by atoms with Gasteiger partial charge in [-0.2, -0.15) is 0 Å². The van der Waals surface area contributed by atoms with Gasteiger partial charge in [-0.1, -0.05) is 11.6 Å². The quantitative estimate of drug-likeness (QED) is 0.648. The van der Waals surface area contributed by atoms with E-state index in [0.29, 0.717) is 40.3 Å². The highest BCUT2D eigenvalue weighted by Gasteiger charge is 2.21. The van der Waals surface area contributed by atoms with Gasteiger partial charge in [0.25, 0.3) is 11.1 Å². The molecule has 1 aromatic carbocycles. The number of hydrogen-bond donors (Lipinski definition) is 0. The van der Waals surface area contributed by atoms with Crippen LogP contribution in [0.25, 0.3) is 22.6 Å². The minimum Gasteiger partial charge on any atom is -0.303 e. The maximum Gasteiger partial charge on any atom is 0.330 e. The molecule has 7 nitrogen and oxygen atoms in total. The minimum atomic E-state index is -0.390. The molecule has 1 aliphatic heterocycles. The van der Waals surface area contributed by atoms with E-state index in [1.54, 1.807) is 35.9 Å². The third kappa shape index (κ3) is 2.43. The summed E-state index contributed by atoms with van der Waals surface area (Å²) in [5.41, 5.74) is 0.774. The lowest BCUT2D eigenvalue weighted by atomic mass is 10.1. The Morgan fingerprint density at radius 3 is 2.69 bits per heavy atom. The summed E-state index contributed by atoms with van der Waals surface area (Å²) in [6.07, 6.45) is 3.78. The zero-order chi connectivity index (χ0) is 18.6. The van der Waals surface area contributed by atoms with Crippen molar-refractivity contribution < 1.29 is 0 Å². The molecule has 4 rings (SSSR count). The van der Waals surface area contributed by atoms with Crippen LogP contribution in [0.1, 0.15) is 17.8 Å². The Bertz CT molecular complexity index is 1280. The topological polar surface area (TPSA) is 78.9 Å². The van der Waals surface area contributed by atoms with Gasteiger partial charge in [0.1, 0.15) is 5.82 Å². The Balaban J connectivity index is 1.95. The summed E-state index contributed by atoms with van der Waals surface area (Å²) in [6.45, 7) is 0.498. The number of halogens is 1. The van der Waals surface area contributed by atoms with Crippen LogP contribution >= 0.6 is 11.6 Å². The first kappa shape index (κ1) is 16.5. The molecule has 0 fully saturated rings. The Morgan fingerprint density at radius 2 is 1.92 bits per heavy atom. The average Bonchev–Trinajstić information content (AvgIpc) is 3.00. The third-order valence-electron chi connectivity index (χ3n) is 4.61. The van der Waals surface area contributed by atoms with Crippen molar-refractivity contribution in [1.82, 2.24) is 18.7 Å². The molecule has 0 amide bonds. The SMILES string of the molecule is Cn1cc(/C=C2\CCn3c2nc2cc(Cl)ccc2c3=O)c(=O)n(C)c1=O. The van der Waals surface area contributed by atoms with Gasteiger partial charge in [-0.15, -0.1) is 0 Å². The van der Waals surface area contributed by atoms with E-state index in [0.717, 1.165) is 10.1 Å². The van der Waals surface area contributed by atoms with E-state index in [4.69, 9.17) is 11.6 Å². The number of fused-ring (bicyclic) bond motifs is 2. The number of aryl methyl sites for hydroxylation is 1. The number of nitrogens with zero attached hydrogens (tertiary/aromatic N) is 4. The summed E-state index contributed by atoms with van der Waals surface area (Å²) >= 11 is 6.02. The zero-order valence-electron chi connectivity index (χ0n) is 14.2. The fraction of sp³-hybridized carbons (Fsp3) is 0.222. The first-order chi connectivity index (χ1) is 12.4. The lowest BCUT2D eigenvalue weighted by molar-refractivity contribution is 0.683. The van der Waals surface area contributed by atoms with Crippen LogP contribution in [0, 0.1) is 0 Å². The molecule has 0 aliphatic carbocycles. The number of aromatic nitrogens is 4. The van der Waals surface area contributed by atoms with Gasteiger partial charge in [0.05, 0.1) is 16.5 Å². The first-order valence-corrected chi connectivity index (χ1v) is 8.42. The Hall–Kier alpha value is -2.93. The van der Waals surface area contributed by atoms with E-state index in [-0.39, 0.29) is 16.8 Å². The predicted molar refractivity (Wildman–Crippen MR) is 100 cm³/mol. The molecule has 3 aromatic rings. The number of benzene rings is 1. The van der Waals surface area contributed by atoms with Crippen molar-refractivity contribution >= 4 is 34.2 Å². The molecule has 0 radical (unpaired) electrons. The molecule has 0 N–H and O–H groups in total. The second kappa shape index (κ2) is 5.81. The number of rotatable bonds is 1. The maximum absolute atomic E-state index is 12.7. The second-order valence-electron chi connectivity index (χ2n) is 6.32. The van der Waals surface area contributed by atoms with Gasteiger partial charge in [0.15, 0.2) is 0 Å². The summed E-state index contributed by atoms with van der Waals surface area (Å²) in [6, 6.07) is 4.99. The highest BCUT2D eigenvalue weighted by atomic mass is 35.5. The molecule has 8 heteroatoms. The highest BCUT2D eigenvalue weighted by Crippen LogP contribution is 2.27. The Morgan fingerprint density at radius 1 is 1.15 bits per heavy atom. The predicted octanol–water partition coefficient (Wildman–Crippen LogP) is 1.39. The molecule has 3 heterocycles. The molecular weight excluding hydrogens is 356 g/mol. The molecule has 0 bridgehead atoms. The molecule has 0 unspecified atom stereocenters. The summed E-state index contributed by atoms with van der Waals surface area (Å²) in [7, 11) is 3.03. The molecule has 132 valence electrons. The van der Waals surface area contributed by atoms with Gasteiger partial charge in [0, 0.05) is 31.9 Å². The van der Waals surface area contributed by atoms with Crippen molar-refractivity contribution in [1.29, 1.82) is 0 Å². The fourth-order valence-electron chi connectivity index (χ4n) is 3.25. The lowest BCUT2D eigenvalue weighted by Crippen LogP contribution is -2.37. The monoisotopic (exact) mass is 370 g/mol. The second-order valence-corrected chi connectivity index (χ2v) is 6.75. The van der Waals surface area contributed by atoms with Crippen LogP contribution in [-0.4, -0.2) is 18.7 Å². The van der Waals surface area contributed by atoms with Crippen molar-refractivity contribution in [2.45, 2.75) is 13.0 Å². The van der Waals surface area contributed by atoms with E-state index >= 15 is 0 Å². The van der Waals surface area contributed by atoms with Crippen LogP contribution in [0.5, 0.6) is 0 Å². The fourth-order valence-corrected chi connectivity index (χ4v) is 3.42. The van der Waals surface area contributed by atoms with Crippen LogP contribution in [0.3, 0.4) is 0 Å². The van der Waals surface area contributed by atoms with Gasteiger partial charge in [-0.3, -0.25) is 18.7 Å². The lowest BCUT2D eigenvalue weighted by Gasteiger charge is -2.07. The largest absolute Gasteiger partial charge is 0.330 e. The van der Waals surface area contributed by atoms with Gasteiger partial charge in [-0.25, -0.2) is 9.78 Å². The van der Waals surface area contributed by atoms with Crippen molar-refractivity contribution in [2.24, 2.45) is 14.1 Å². The number of allylic oxidation sites excluding steroid dienone is 1. The van der Waals surface area contributed by atoms with Crippen LogP contribution in [0.4, 0.5) is 0 Å². The van der Waals surface area contributed by atoms with Gasteiger partial charge < -0.3 is 4.57 Å². The van der Waals surface area contributed by atoms with Crippen molar-refractivity contribution in [2.75, 3.05) is 0 Å². The van der Waals surface area contributed by atoms with E-state index in [1.807, 2.05) is 0 Å². The minimum absolute atomic E-state index is 0.126. The molecule has 1 aliphatic rings. The normalized spacial score (nSPS) is 15.0. The Kier molecular flexibility index (Phi) is 3.69. The third-order valence-corrected chi connectivity index (χ3v) is 4.85. The van der Waals surface area contributed by atoms with Gasteiger partial charge >= 0.3 is 5.69 Å². The van der Waals surface area contributed by atoms with Crippen LogP contribution in [0.2, 0.25) is 5.02 Å². The molecule has 0 spiro atoms. The summed E-state index contributed by atoms with van der Waals surface area (Å²) in [5.74, 6) is 0.528. The van der Waals surface area contributed by atoms with Crippen molar-refractivity contribution in [3.63, 3.8) is 0 Å². The first-order valence-electron chi connectivity index (χ1n) is 8.04. The highest BCUT2D eigenvalue weighted by molar-refractivity contribution is 6.31. The molecule has 0 saturated carbocycles. The van der Waals surface area contributed by atoms with Crippen LogP contribution < -0.4 is 16.8 Å². The summed E-state index contributed by atoms with van der Waals surface area (Å²) in [4.78, 5) is 41.5. The van der Waals surface area contributed by atoms with Crippen LogP contribution in [0.15, 0.2) is 38.8 Å². The zero-order valence-corrected chi connectivity index (χ0v) is 14.9. The van der Waals surface area contributed by atoms with Crippen LogP contribution in [-0.2, 0) is 20.6 Å². The molecular formula is C18H15ClN4O3. The Labute approximate surface area is 152 Å². The number of hydrogen-bond acceptors (Lipinski definition) is 4. The van der Waals surface area contributed by atoms with Crippen molar-refractivity contribution in [3.05, 3.63) is 72.0 Å². The van der Waals surface area contributed by atoms with E-state index < -0.39 is 0 Å². The molecule has 26 heavy (non-hydrogen) atoms. The molecule has 2 aromatic heterocycles. The molecule has 0 saturated heterocycles. The average molecular weight is 371 g/mol. The van der Waals surface area contributed by atoms with Gasteiger partial charge in [0.2, 0.25) is 0 Å². The summed E-state index contributed by atoms with van der Waals surface area (Å²) in [5, 5.41) is 1.02. The standard InChI is InChI=1S/C18H15ClN4O3/c1-21-9-11(16(24)22(2)18(21)26)7-10-5-6-23-15(10)20-14-8-12(19)3-4-13(14)17(23)25/h3-4,7-9H,5-6H2,1-2H3/b10-7+. The maximum atomic E-state index is 12.7. The van der Waals surface area contributed by atoms with Gasteiger partial charge in [-0.05, 0) is 36.3 Å². The van der Waals surface area contributed by atoms with E-state index in [2.05, 4.69) is 4.98 Å². The summed E-state index contributed by atoms with van der Waals surface area (Å²) < 4.78 is 4.01. The molecule has 0 atom stereocenters.